The first-order chi connectivity index (χ1) is 7.97. The van der Waals surface area contributed by atoms with Gasteiger partial charge in [0.25, 0.3) is 0 Å². The van der Waals surface area contributed by atoms with Crippen LogP contribution in [0.15, 0.2) is 24.3 Å². The molecule has 0 saturated heterocycles. The second-order valence-electron chi connectivity index (χ2n) is 3.58. The van der Waals surface area contributed by atoms with Crippen molar-refractivity contribution < 1.29 is 9.18 Å². The fourth-order valence-electron chi connectivity index (χ4n) is 1.52. The van der Waals surface area contributed by atoms with Crippen molar-refractivity contribution in [1.82, 2.24) is 0 Å². The number of ketones is 1. The van der Waals surface area contributed by atoms with E-state index >= 15 is 0 Å². The molecule has 0 unspecified atom stereocenters. The lowest BCUT2D eigenvalue weighted by atomic mass is 10.0. The maximum atomic E-state index is 13.2. The molecule has 2 rings (SSSR count). The van der Waals surface area contributed by atoms with Gasteiger partial charge in [0, 0.05) is 5.56 Å². The minimum absolute atomic E-state index is 0.277. The Morgan fingerprint density at radius 1 is 1.24 bits per heavy atom. The highest BCUT2D eigenvalue weighted by Crippen LogP contribution is 2.32. The highest BCUT2D eigenvalue weighted by molar-refractivity contribution is 7.20. The zero-order chi connectivity index (χ0) is 12.6. The molecule has 0 aliphatic rings. The number of halogens is 3. The third-order valence-electron chi connectivity index (χ3n) is 2.21. The highest BCUT2D eigenvalue weighted by atomic mass is 35.5. The van der Waals surface area contributed by atoms with Crippen molar-refractivity contribution in [1.29, 1.82) is 0 Å². The zero-order valence-electron chi connectivity index (χ0n) is 8.76. The zero-order valence-corrected chi connectivity index (χ0v) is 11.1. The van der Waals surface area contributed by atoms with Crippen LogP contribution in [0.1, 0.15) is 21.5 Å². The Hall–Kier alpha value is -0.900. The molecule has 0 saturated carbocycles. The Kier molecular flexibility index (Phi) is 3.52. The Morgan fingerprint density at radius 2 is 1.94 bits per heavy atom. The van der Waals surface area contributed by atoms with Crippen molar-refractivity contribution >= 4 is 40.3 Å². The summed E-state index contributed by atoms with van der Waals surface area (Å²) in [5, 5.41) is 0. The number of benzene rings is 1. The molecule has 1 aromatic heterocycles. The van der Waals surface area contributed by atoms with Crippen molar-refractivity contribution in [3.8, 4) is 0 Å². The standard InChI is InChI=1S/C12H7Cl2FOS/c1-6-2-7(4-8(15)3-6)11(16)9-5-10(13)17-12(9)14/h2-5H,1H3. The molecule has 0 atom stereocenters. The van der Waals surface area contributed by atoms with Crippen LogP contribution in [0.4, 0.5) is 4.39 Å². The molecule has 88 valence electrons. The fraction of sp³-hybridized carbons (Fsp3) is 0.0833. The molecule has 1 nitrogen and oxygen atoms in total. The minimum Gasteiger partial charge on any atom is -0.289 e. The largest absolute Gasteiger partial charge is 0.289 e. The van der Waals surface area contributed by atoms with Crippen LogP contribution in [0.5, 0.6) is 0 Å². The quantitative estimate of drug-likeness (QED) is 0.730. The van der Waals surface area contributed by atoms with Crippen LogP contribution in [-0.2, 0) is 0 Å². The normalized spacial score (nSPS) is 10.6. The molecule has 0 aliphatic carbocycles. The predicted molar refractivity (Wildman–Crippen MR) is 68.9 cm³/mol. The summed E-state index contributed by atoms with van der Waals surface area (Å²) in [5.41, 5.74) is 1.27. The molecule has 2 aromatic rings. The van der Waals surface area contributed by atoms with Gasteiger partial charge in [0.15, 0.2) is 5.78 Å². The SMILES string of the molecule is Cc1cc(F)cc(C(=O)c2cc(Cl)sc2Cl)c1. The Balaban J connectivity index is 2.47. The van der Waals surface area contributed by atoms with E-state index in [1.165, 1.54) is 18.2 Å². The highest BCUT2D eigenvalue weighted by Gasteiger charge is 2.16. The van der Waals surface area contributed by atoms with Crippen molar-refractivity contribution in [2.45, 2.75) is 6.92 Å². The van der Waals surface area contributed by atoms with Crippen LogP contribution in [0.2, 0.25) is 8.67 Å². The number of aryl methyl sites for hydroxylation is 1. The van der Waals surface area contributed by atoms with Crippen molar-refractivity contribution in [2.24, 2.45) is 0 Å². The fourth-order valence-corrected chi connectivity index (χ4v) is 2.98. The summed E-state index contributed by atoms with van der Waals surface area (Å²) in [6.45, 7) is 1.72. The third kappa shape index (κ3) is 2.68. The maximum absolute atomic E-state index is 13.2. The number of carbonyl (C=O) groups is 1. The summed E-state index contributed by atoms with van der Waals surface area (Å²) >= 11 is 12.8. The van der Waals surface area contributed by atoms with Gasteiger partial charge in [-0.15, -0.1) is 11.3 Å². The minimum atomic E-state index is -0.439. The van der Waals surface area contributed by atoms with E-state index < -0.39 is 5.82 Å². The van der Waals surface area contributed by atoms with Gasteiger partial charge in [-0.1, -0.05) is 23.2 Å². The van der Waals surface area contributed by atoms with E-state index in [9.17, 15) is 9.18 Å². The lowest BCUT2D eigenvalue weighted by Gasteiger charge is -2.01. The van der Waals surface area contributed by atoms with Gasteiger partial charge in [0.1, 0.15) is 10.2 Å². The van der Waals surface area contributed by atoms with E-state index in [2.05, 4.69) is 0 Å². The van der Waals surface area contributed by atoms with Crippen LogP contribution in [-0.4, -0.2) is 5.78 Å². The smallest absolute Gasteiger partial charge is 0.195 e. The second kappa shape index (κ2) is 4.77. The number of rotatable bonds is 2. The Morgan fingerprint density at radius 3 is 2.47 bits per heavy atom. The van der Waals surface area contributed by atoms with Crippen molar-refractivity contribution in [3.63, 3.8) is 0 Å². The molecular weight excluding hydrogens is 282 g/mol. The van der Waals surface area contributed by atoms with Gasteiger partial charge >= 0.3 is 0 Å². The van der Waals surface area contributed by atoms with Gasteiger partial charge in [-0.2, -0.15) is 0 Å². The molecule has 1 aromatic carbocycles. The predicted octanol–water partition coefficient (Wildman–Crippen LogP) is 4.73. The van der Waals surface area contributed by atoms with Gasteiger partial charge in [0.05, 0.1) is 9.90 Å². The van der Waals surface area contributed by atoms with E-state index in [0.29, 0.717) is 19.8 Å². The van der Waals surface area contributed by atoms with Gasteiger partial charge < -0.3 is 0 Å². The molecule has 0 N–H and O–H groups in total. The average molecular weight is 289 g/mol. The summed E-state index contributed by atoms with van der Waals surface area (Å²) in [7, 11) is 0. The summed E-state index contributed by atoms with van der Waals surface area (Å²) < 4.78 is 14.0. The molecule has 0 radical (unpaired) electrons. The van der Waals surface area contributed by atoms with Gasteiger partial charge in [-0.3, -0.25) is 4.79 Å². The van der Waals surface area contributed by atoms with Crippen LogP contribution in [0.3, 0.4) is 0 Å². The summed E-state index contributed by atoms with van der Waals surface area (Å²) in [6.07, 6.45) is 0. The molecule has 0 amide bonds. The van der Waals surface area contributed by atoms with Crippen LogP contribution < -0.4 is 0 Å². The van der Waals surface area contributed by atoms with Gasteiger partial charge in [-0.05, 0) is 36.8 Å². The van der Waals surface area contributed by atoms with E-state index in [-0.39, 0.29) is 11.3 Å². The summed E-state index contributed by atoms with van der Waals surface area (Å²) in [5.74, 6) is -0.758. The van der Waals surface area contributed by atoms with E-state index in [1.54, 1.807) is 13.0 Å². The molecular formula is C12H7Cl2FOS. The van der Waals surface area contributed by atoms with Gasteiger partial charge in [0.2, 0.25) is 0 Å². The van der Waals surface area contributed by atoms with Crippen LogP contribution >= 0.6 is 34.5 Å². The maximum Gasteiger partial charge on any atom is 0.195 e. The summed E-state index contributed by atoms with van der Waals surface area (Å²) in [6, 6.07) is 5.67. The van der Waals surface area contributed by atoms with E-state index in [1.807, 2.05) is 0 Å². The van der Waals surface area contributed by atoms with Crippen LogP contribution in [0, 0.1) is 12.7 Å². The van der Waals surface area contributed by atoms with Crippen LogP contribution in [0.25, 0.3) is 0 Å². The van der Waals surface area contributed by atoms with E-state index in [4.69, 9.17) is 23.2 Å². The van der Waals surface area contributed by atoms with Crippen molar-refractivity contribution in [2.75, 3.05) is 0 Å². The molecule has 0 aliphatic heterocycles. The molecule has 5 heteroatoms. The first-order valence-electron chi connectivity index (χ1n) is 4.74. The molecule has 1 heterocycles. The summed E-state index contributed by atoms with van der Waals surface area (Å²) in [4.78, 5) is 12.1. The number of hydrogen-bond acceptors (Lipinski definition) is 2. The Labute approximate surface area is 112 Å². The monoisotopic (exact) mass is 288 g/mol. The first kappa shape index (κ1) is 12.6. The lowest BCUT2D eigenvalue weighted by molar-refractivity contribution is 0.103. The lowest BCUT2D eigenvalue weighted by Crippen LogP contribution is -2.01. The number of thiophene rings is 1. The number of hydrogen-bond donors (Lipinski definition) is 0. The number of carbonyl (C=O) groups excluding carboxylic acids is 1. The molecule has 0 spiro atoms. The topological polar surface area (TPSA) is 17.1 Å². The van der Waals surface area contributed by atoms with Gasteiger partial charge in [-0.25, -0.2) is 4.39 Å². The van der Waals surface area contributed by atoms with Crippen molar-refractivity contribution in [3.05, 3.63) is 55.4 Å². The molecule has 0 fully saturated rings. The first-order valence-corrected chi connectivity index (χ1v) is 6.31. The van der Waals surface area contributed by atoms with E-state index in [0.717, 1.165) is 11.3 Å². The second-order valence-corrected chi connectivity index (χ2v) is 5.87. The molecule has 17 heavy (non-hydrogen) atoms. The third-order valence-corrected chi connectivity index (χ3v) is 3.69. The Bertz CT molecular complexity index is 572. The average Bonchev–Trinajstić information content (AvgIpc) is 2.55. The molecule has 0 bridgehead atoms.